The number of aromatic nitrogens is 1. The number of hydrogen-bond acceptors (Lipinski definition) is 15. The Morgan fingerprint density at radius 2 is 1.84 bits per heavy atom. The van der Waals surface area contributed by atoms with Crippen molar-refractivity contribution in [3.05, 3.63) is 136 Å². The van der Waals surface area contributed by atoms with Crippen molar-refractivity contribution < 1.29 is 58.5 Å². The summed E-state index contributed by atoms with van der Waals surface area (Å²) < 4.78 is 23.9. The molecule has 2 aliphatic heterocycles. The van der Waals surface area contributed by atoms with E-state index in [0.717, 1.165) is 40.0 Å². The number of aldehydes is 1. The number of aliphatic carboxylic acids is 1. The number of nitrogens with one attached hydrogen (secondary N) is 2. The molecule has 4 heterocycles. The first-order chi connectivity index (χ1) is 33.3. The second-order valence-electron chi connectivity index (χ2n) is 17.4. The number of benzene rings is 3. The van der Waals surface area contributed by atoms with Crippen LogP contribution < -0.4 is 21.2 Å². The first-order valence-electron chi connectivity index (χ1n) is 22.3. The van der Waals surface area contributed by atoms with Gasteiger partial charge in [0.05, 0.1) is 10.9 Å². The molecule has 10 unspecified atom stereocenters. The van der Waals surface area contributed by atoms with E-state index < -0.39 is 59.0 Å². The van der Waals surface area contributed by atoms with E-state index in [1.54, 1.807) is 0 Å². The van der Waals surface area contributed by atoms with Gasteiger partial charge < -0.3 is 54.9 Å². The van der Waals surface area contributed by atoms with E-state index >= 15 is 0 Å². The quantitative estimate of drug-likeness (QED) is 0.0548. The molecule has 10 atom stereocenters. The second kappa shape index (κ2) is 20.1. The molecular formula is C51H49N3O13S2. The average molecular weight is 976 g/mol. The van der Waals surface area contributed by atoms with Crippen molar-refractivity contribution in [1.29, 1.82) is 0 Å². The number of aromatic hydroxyl groups is 1. The summed E-state index contributed by atoms with van der Waals surface area (Å²) in [6.07, 6.45) is 3.88. The standard InChI is InChI=1S/C51H49N3O13S2/c52-46(59)43-41(31-14-16-33(56)17-15-31)42(57)37-19-18-34(22-40(37)66-43)65-49-51(63)48(62)54-24-38(29-7-3-1-2-6-28-10-12-30(13-11-29)36-9-5-4-8-35(28)36)39(32-20-21-53-23-32)25-68-69-27-64-50(51,26-55)45(58)44(67-49)47(60)61/h4-5,8-10,12-23,26,28-29,38-39,44-45,48-49,53-54,56,58,62-63H,2,6-7,11,24-25,27H2,(H2,52,59)(H,60,61). The maximum absolute atomic E-state index is 13.9. The summed E-state index contributed by atoms with van der Waals surface area (Å²) in [7, 11) is 2.58. The number of carbonyl (C=O) groups excluding carboxylic acids is 2. The molecule has 2 saturated heterocycles. The number of rotatable bonds is 8. The van der Waals surface area contributed by atoms with Gasteiger partial charge in [-0.25, -0.2) is 4.79 Å². The van der Waals surface area contributed by atoms with Crippen LogP contribution in [0.15, 0.2) is 113 Å². The topological polar surface area (TPSA) is 264 Å². The monoisotopic (exact) mass is 975 g/mol. The molecule has 9 N–H and O–H groups in total. The van der Waals surface area contributed by atoms with Gasteiger partial charge in [0.25, 0.3) is 5.91 Å². The van der Waals surface area contributed by atoms with Crippen LogP contribution in [0.1, 0.15) is 64.8 Å². The fraction of sp³-hybridized carbons (Fsp3) is 0.333. The summed E-state index contributed by atoms with van der Waals surface area (Å²) in [5.74, 6) is 2.92. The Morgan fingerprint density at radius 3 is 2.59 bits per heavy atom. The van der Waals surface area contributed by atoms with Crippen LogP contribution in [0.5, 0.6) is 11.5 Å². The highest BCUT2D eigenvalue weighted by molar-refractivity contribution is 8.76. The van der Waals surface area contributed by atoms with Gasteiger partial charge in [0.1, 0.15) is 35.4 Å². The fourth-order valence-electron chi connectivity index (χ4n) is 9.93. The Labute approximate surface area is 403 Å². The van der Waals surface area contributed by atoms with Gasteiger partial charge in [0, 0.05) is 49.5 Å². The molecule has 0 spiro atoms. The van der Waals surface area contributed by atoms with Crippen LogP contribution >= 0.6 is 21.6 Å². The molecule has 2 bridgehead atoms. The number of carboxylic acids is 1. The number of ether oxygens (including phenoxy) is 3. The second-order valence-corrected chi connectivity index (χ2v) is 19.9. The normalized spacial score (nSPS) is 29.5. The highest BCUT2D eigenvalue weighted by Crippen LogP contribution is 2.47. The Balaban J connectivity index is 1.11. The Hall–Kier alpha value is -6.14. The Bertz CT molecular complexity index is 2930. The predicted molar refractivity (Wildman–Crippen MR) is 258 cm³/mol. The number of primary amides is 1. The van der Waals surface area contributed by atoms with Crippen molar-refractivity contribution in [2.24, 2.45) is 17.6 Å². The van der Waals surface area contributed by atoms with Crippen molar-refractivity contribution in [2.45, 2.75) is 73.4 Å². The number of allylic oxidation sites excluding steroid dienone is 4. The van der Waals surface area contributed by atoms with Crippen molar-refractivity contribution in [3.8, 4) is 34.5 Å². The van der Waals surface area contributed by atoms with Crippen LogP contribution in [-0.4, -0.2) is 103 Å². The minimum Gasteiger partial charge on any atom is -0.508 e. The van der Waals surface area contributed by atoms with Crippen LogP contribution in [0.2, 0.25) is 0 Å². The van der Waals surface area contributed by atoms with E-state index in [1.807, 2.05) is 30.6 Å². The fourth-order valence-corrected chi connectivity index (χ4v) is 12.0. The summed E-state index contributed by atoms with van der Waals surface area (Å²) in [6.45, 7) is -0.00489. The van der Waals surface area contributed by atoms with Gasteiger partial charge in [-0.3, -0.25) is 19.7 Å². The minimum atomic E-state index is -3.11. The molecule has 18 heteroatoms. The van der Waals surface area contributed by atoms with E-state index in [-0.39, 0.29) is 76.0 Å². The van der Waals surface area contributed by atoms with Crippen LogP contribution in [0.4, 0.5) is 0 Å². The summed E-state index contributed by atoms with van der Waals surface area (Å²) >= 11 is 0. The lowest BCUT2D eigenvalue weighted by molar-refractivity contribution is -0.364. The molecule has 0 radical (unpaired) electrons. The molecule has 10 rings (SSSR count). The zero-order chi connectivity index (χ0) is 48.5. The zero-order valence-corrected chi connectivity index (χ0v) is 38.5. The SMILES string of the molecule is NC(=O)c1oc2cc(OC3OC(C(=O)O)C(O)C4(C=O)OCSSCC(c5cc[nH]c5)C(C5CC#CCCC6C=CC(=CC5)c5ccccc56)CNC(O)C34O)ccc2c(=O)c1-c1ccc(O)cc1. The van der Waals surface area contributed by atoms with Crippen LogP contribution in [0, 0.1) is 23.7 Å². The van der Waals surface area contributed by atoms with Crippen molar-refractivity contribution in [2.75, 3.05) is 18.2 Å². The van der Waals surface area contributed by atoms with Gasteiger partial charge in [-0.15, -0.1) is 11.8 Å². The third-order valence-electron chi connectivity index (χ3n) is 13.6. The van der Waals surface area contributed by atoms with Crippen molar-refractivity contribution in [3.63, 3.8) is 0 Å². The molecule has 358 valence electrons. The Morgan fingerprint density at radius 1 is 1.03 bits per heavy atom. The first kappa shape index (κ1) is 47.9. The lowest BCUT2D eigenvalue weighted by Gasteiger charge is -2.55. The van der Waals surface area contributed by atoms with E-state index in [9.17, 15) is 44.7 Å². The number of phenols is 1. The van der Waals surface area contributed by atoms with Crippen molar-refractivity contribution >= 4 is 56.3 Å². The number of nitrogens with two attached hydrogens (primary N) is 1. The van der Waals surface area contributed by atoms with Crippen LogP contribution in [-0.2, 0) is 19.1 Å². The predicted octanol–water partition coefficient (Wildman–Crippen LogP) is 5.42. The number of fused-ring (bicyclic) bond motifs is 8. The highest BCUT2D eigenvalue weighted by atomic mass is 33.1. The molecular weight excluding hydrogens is 927 g/mol. The summed E-state index contributed by atoms with van der Waals surface area (Å²) in [4.78, 5) is 56.1. The number of aromatic amines is 1. The lowest BCUT2D eigenvalue weighted by Crippen LogP contribution is -2.82. The van der Waals surface area contributed by atoms with E-state index in [0.29, 0.717) is 25.0 Å². The smallest absolute Gasteiger partial charge is 0.335 e. The first-order valence-corrected chi connectivity index (χ1v) is 24.8. The Kier molecular flexibility index (Phi) is 13.9. The van der Waals surface area contributed by atoms with Gasteiger partial charge in [-0.2, -0.15) is 0 Å². The number of H-pyrrole nitrogens is 1. The van der Waals surface area contributed by atoms with E-state index in [2.05, 4.69) is 52.5 Å². The van der Waals surface area contributed by atoms with E-state index in [4.69, 9.17) is 24.4 Å². The molecule has 5 aromatic rings. The zero-order valence-electron chi connectivity index (χ0n) is 36.9. The van der Waals surface area contributed by atoms with Gasteiger partial charge in [-0.05, 0) is 88.8 Å². The third-order valence-corrected chi connectivity index (χ3v) is 15.7. The molecule has 0 saturated carbocycles. The number of hydrogen-bond donors (Lipinski definition) is 8. The van der Waals surface area contributed by atoms with Gasteiger partial charge in [0.2, 0.25) is 23.1 Å². The van der Waals surface area contributed by atoms with Gasteiger partial charge in [-0.1, -0.05) is 76.2 Å². The number of aliphatic hydroxyl groups is 3. The average Bonchev–Trinajstić information content (AvgIpc) is 3.88. The summed E-state index contributed by atoms with van der Waals surface area (Å²) in [5, 5.41) is 60.5. The molecule has 69 heavy (non-hydrogen) atoms. The van der Waals surface area contributed by atoms with Crippen molar-refractivity contribution in [1.82, 2.24) is 10.3 Å². The minimum absolute atomic E-state index is 0.00489. The molecule has 3 aliphatic carbocycles. The number of amides is 1. The number of carbonyl (C=O) groups is 3. The molecule has 5 aliphatic rings. The maximum Gasteiger partial charge on any atom is 0.335 e. The summed E-state index contributed by atoms with van der Waals surface area (Å²) in [6, 6.07) is 19.5. The number of carboxylic acid groups (broad SMARTS) is 1. The van der Waals surface area contributed by atoms with Crippen LogP contribution in [0.25, 0.3) is 27.7 Å². The lowest BCUT2D eigenvalue weighted by atomic mass is 9.72. The highest BCUT2D eigenvalue weighted by Gasteiger charge is 2.72. The molecule has 3 aromatic carbocycles. The summed E-state index contributed by atoms with van der Waals surface area (Å²) in [5.41, 5.74) is 3.29. The molecule has 2 aromatic heterocycles. The largest absolute Gasteiger partial charge is 0.508 e. The van der Waals surface area contributed by atoms with Gasteiger partial charge in [0.15, 0.2) is 18.0 Å². The molecule has 16 nitrogen and oxygen atoms in total. The number of aliphatic hydroxyl groups excluding tert-OH is 2. The van der Waals surface area contributed by atoms with E-state index in [1.165, 1.54) is 52.8 Å². The number of phenolic OH excluding ortho intramolecular Hbond substituents is 1. The third kappa shape index (κ3) is 9.01. The van der Waals surface area contributed by atoms with Gasteiger partial charge >= 0.3 is 5.97 Å². The maximum atomic E-state index is 13.9. The van der Waals surface area contributed by atoms with Crippen LogP contribution in [0.3, 0.4) is 0 Å². The molecule has 2 fully saturated rings. The molecule has 1 amide bonds.